The van der Waals surface area contributed by atoms with Gasteiger partial charge in [-0.2, -0.15) is 0 Å². The Bertz CT molecular complexity index is 645. The fraction of sp³-hybridized carbons (Fsp3) is 0.308. The summed E-state index contributed by atoms with van der Waals surface area (Å²) in [7, 11) is -2.01. The first-order chi connectivity index (χ1) is 9.50. The second kappa shape index (κ2) is 6.06. The van der Waals surface area contributed by atoms with Crippen LogP contribution in [0.5, 0.6) is 0 Å². The minimum Gasteiger partial charge on any atom is -0.381 e. The van der Waals surface area contributed by atoms with Gasteiger partial charge in [-0.25, -0.2) is 18.1 Å². The van der Waals surface area contributed by atoms with Crippen LogP contribution in [0.25, 0.3) is 0 Å². The van der Waals surface area contributed by atoms with Crippen molar-refractivity contribution in [3.05, 3.63) is 42.2 Å². The molecule has 0 saturated carbocycles. The zero-order valence-corrected chi connectivity index (χ0v) is 12.1. The van der Waals surface area contributed by atoms with Crippen molar-refractivity contribution in [3.63, 3.8) is 0 Å². The second-order valence-corrected chi connectivity index (χ2v) is 6.22. The number of hydrogen-bond donors (Lipinski definition) is 2. The lowest BCUT2D eigenvalue weighted by molar-refractivity contribution is 0.569. The molecule has 0 aliphatic rings. The zero-order chi connectivity index (χ0) is 14.6. The monoisotopic (exact) mass is 294 g/mol. The van der Waals surface area contributed by atoms with E-state index in [1.807, 2.05) is 30.3 Å². The summed E-state index contributed by atoms with van der Waals surface area (Å²) in [4.78, 5) is 3.78. The fourth-order valence-electron chi connectivity index (χ4n) is 1.98. The molecule has 1 aromatic heterocycles. The van der Waals surface area contributed by atoms with Crippen LogP contribution in [0.3, 0.4) is 0 Å². The third-order valence-corrected chi connectivity index (χ3v) is 4.53. The third kappa shape index (κ3) is 3.37. The minimum atomic E-state index is -3.61. The summed E-state index contributed by atoms with van der Waals surface area (Å²) in [6.07, 6.45) is 2.93. The topological polar surface area (TPSA) is 90.0 Å². The maximum Gasteiger partial charge on any atom is 0.260 e. The van der Waals surface area contributed by atoms with Crippen molar-refractivity contribution in [1.29, 1.82) is 0 Å². The van der Waals surface area contributed by atoms with E-state index in [9.17, 15) is 8.42 Å². The van der Waals surface area contributed by atoms with Gasteiger partial charge >= 0.3 is 0 Å². The quantitative estimate of drug-likeness (QED) is 0.775. The van der Waals surface area contributed by atoms with Gasteiger partial charge in [0, 0.05) is 13.6 Å². The van der Waals surface area contributed by atoms with Crippen LogP contribution in [-0.4, -0.2) is 24.5 Å². The van der Waals surface area contributed by atoms with E-state index in [1.54, 1.807) is 7.05 Å². The van der Waals surface area contributed by atoms with Crippen LogP contribution in [0, 0.1) is 0 Å². The summed E-state index contributed by atoms with van der Waals surface area (Å²) in [5.41, 5.74) is 6.76. The molecule has 108 valence electrons. The van der Waals surface area contributed by atoms with Gasteiger partial charge in [0.1, 0.15) is 0 Å². The molecular formula is C13H18N4O2S. The first kappa shape index (κ1) is 14.5. The van der Waals surface area contributed by atoms with Crippen LogP contribution >= 0.6 is 0 Å². The molecule has 0 spiro atoms. The number of anilines is 1. The van der Waals surface area contributed by atoms with Crippen LogP contribution in [0.15, 0.2) is 41.7 Å². The molecule has 0 radical (unpaired) electrons. The molecular weight excluding hydrogens is 276 g/mol. The number of rotatable bonds is 6. The fourth-order valence-corrected chi connectivity index (χ4v) is 3.28. The average Bonchev–Trinajstić information content (AvgIpc) is 2.76. The van der Waals surface area contributed by atoms with Crippen LogP contribution < -0.4 is 10.5 Å². The molecule has 0 unspecified atom stereocenters. The number of sulfonamides is 1. The molecule has 3 N–H and O–H groups in total. The molecule has 0 atom stereocenters. The van der Waals surface area contributed by atoms with Crippen molar-refractivity contribution in [2.75, 3.05) is 12.3 Å². The molecule has 6 nitrogen and oxygen atoms in total. The van der Waals surface area contributed by atoms with Crippen molar-refractivity contribution < 1.29 is 8.42 Å². The molecule has 0 bridgehead atoms. The summed E-state index contributed by atoms with van der Waals surface area (Å²) in [6.45, 7) is 0.363. The van der Waals surface area contributed by atoms with Gasteiger partial charge in [-0.15, -0.1) is 0 Å². The van der Waals surface area contributed by atoms with Crippen molar-refractivity contribution in [3.8, 4) is 0 Å². The Labute approximate surface area is 118 Å². The van der Waals surface area contributed by atoms with E-state index < -0.39 is 10.0 Å². The SMILES string of the molecule is Cn1cnc(N)c1S(=O)(=O)NCCCc1ccccc1. The smallest absolute Gasteiger partial charge is 0.260 e. The van der Waals surface area contributed by atoms with Crippen molar-refractivity contribution >= 4 is 15.8 Å². The van der Waals surface area contributed by atoms with Gasteiger partial charge in [0.15, 0.2) is 10.8 Å². The predicted molar refractivity (Wildman–Crippen MR) is 77.6 cm³/mol. The summed E-state index contributed by atoms with van der Waals surface area (Å²) >= 11 is 0. The second-order valence-electron chi connectivity index (χ2n) is 4.53. The average molecular weight is 294 g/mol. The molecule has 0 fully saturated rings. The van der Waals surface area contributed by atoms with Crippen LogP contribution in [0.4, 0.5) is 5.82 Å². The lowest BCUT2D eigenvalue weighted by Crippen LogP contribution is -2.27. The molecule has 2 aromatic rings. The summed E-state index contributed by atoms with van der Waals surface area (Å²) in [5.74, 6) is 0.0167. The Morgan fingerprint density at radius 3 is 2.60 bits per heavy atom. The molecule has 1 aromatic carbocycles. The van der Waals surface area contributed by atoms with E-state index in [2.05, 4.69) is 9.71 Å². The van der Waals surface area contributed by atoms with Gasteiger partial charge in [-0.05, 0) is 18.4 Å². The molecule has 20 heavy (non-hydrogen) atoms. The highest BCUT2D eigenvalue weighted by Crippen LogP contribution is 2.14. The maximum atomic E-state index is 12.1. The summed E-state index contributed by atoms with van der Waals surface area (Å²) < 4.78 is 28.1. The Morgan fingerprint density at radius 1 is 1.30 bits per heavy atom. The van der Waals surface area contributed by atoms with Gasteiger partial charge in [-0.1, -0.05) is 30.3 Å². The Balaban J connectivity index is 1.91. The summed E-state index contributed by atoms with van der Waals surface area (Å²) in [6, 6.07) is 9.93. The van der Waals surface area contributed by atoms with E-state index in [0.29, 0.717) is 6.54 Å². The molecule has 0 amide bonds. The van der Waals surface area contributed by atoms with E-state index in [4.69, 9.17) is 5.73 Å². The highest BCUT2D eigenvalue weighted by atomic mass is 32.2. The first-order valence-corrected chi connectivity index (χ1v) is 7.79. The number of nitrogens with one attached hydrogen (secondary N) is 1. The third-order valence-electron chi connectivity index (χ3n) is 2.94. The maximum absolute atomic E-state index is 12.1. The van der Waals surface area contributed by atoms with E-state index in [-0.39, 0.29) is 10.8 Å². The highest BCUT2D eigenvalue weighted by molar-refractivity contribution is 7.89. The molecule has 2 rings (SSSR count). The molecule has 0 aliphatic carbocycles. The van der Waals surface area contributed by atoms with Gasteiger partial charge in [0.05, 0.1) is 6.33 Å². The van der Waals surface area contributed by atoms with Crippen molar-refractivity contribution in [2.24, 2.45) is 7.05 Å². The number of hydrogen-bond acceptors (Lipinski definition) is 4. The molecule has 0 aliphatic heterocycles. The largest absolute Gasteiger partial charge is 0.381 e. The normalized spacial score (nSPS) is 11.7. The van der Waals surface area contributed by atoms with Gasteiger partial charge in [0.25, 0.3) is 10.0 Å². The number of aromatic nitrogens is 2. The molecule has 7 heteroatoms. The first-order valence-electron chi connectivity index (χ1n) is 6.31. The van der Waals surface area contributed by atoms with Crippen LogP contribution in [-0.2, 0) is 23.5 Å². The van der Waals surface area contributed by atoms with Gasteiger partial charge in [-0.3, -0.25) is 0 Å². The molecule has 0 saturated heterocycles. The Kier molecular flexibility index (Phi) is 4.41. The van der Waals surface area contributed by atoms with Gasteiger partial charge in [0.2, 0.25) is 0 Å². The Morgan fingerprint density at radius 2 is 2.00 bits per heavy atom. The van der Waals surface area contributed by atoms with Crippen molar-refractivity contribution in [2.45, 2.75) is 17.9 Å². The Hall–Kier alpha value is -1.86. The lowest BCUT2D eigenvalue weighted by atomic mass is 10.1. The number of nitrogen functional groups attached to an aromatic ring is 1. The van der Waals surface area contributed by atoms with E-state index >= 15 is 0 Å². The number of aryl methyl sites for hydroxylation is 2. The number of nitrogens with zero attached hydrogens (tertiary/aromatic N) is 2. The predicted octanol–water partition coefficient (Wildman–Crippen LogP) is 0.913. The number of nitrogens with two attached hydrogens (primary N) is 1. The zero-order valence-electron chi connectivity index (χ0n) is 11.3. The van der Waals surface area contributed by atoms with E-state index in [0.717, 1.165) is 12.8 Å². The lowest BCUT2D eigenvalue weighted by Gasteiger charge is -2.07. The minimum absolute atomic E-state index is 0.0113. The van der Waals surface area contributed by atoms with E-state index in [1.165, 1.54) is 16.5 Å². The van der Waals surface area contributed by atoms with Crippen LogP contribution in [0.2, 0.25) is 0 Å². The summed E-state index contributed by atoms with van der Waals surface area (Å²) in [5, 5.41) is 0.0113. The van der Waals surface area contributed by atoms with Crippen molar-refractivity contribution in [1.82, 2.24) is 14.3 Å². The number of benzene rings is 1. The standard InChI is InChI=1S/C13H18N4O2S/c1-17-10-15-12(14)13(17)20(18,19)16-9-5-8-11-6-3-2-4-7-11/h2-4,6-7,10,16H,5,8-9,14H2,1H3. The molecule has 1 heterocycles. The van der Waals surface area contributed by atoms with Crippen LogP contribution in [0.1, 0.15) is 12.0 Å². The number of imidazole rings is 1. The van der Waals surface area contributed by atoms with Gasteiger partial charge < -0.3 is 10.3 Å². The highest BCUT2D eigenvalue weighted by Gasteiger charge is 2.21.